The van der Waals surface area contributed by atoms with E-state index in [9.17, 15) is 0 Å². The quantitative estimate of drug-likeness (QED) is 0.157. The van der Waals surface area contributed by atoms with E-state index in [2.05, 4.69) is 229 Å². The molecular weight excluding hydrogens is 727 g/mol. The Balaban J connectivity index is 1.15. The second-order valence-corrected chi connectivity index (χ2v) is 15.6. The summed E-state index contributed by atoms with van der Waals surface area (Å²) in [6, 6.07) is 81.3. The fourth-order valence-corrected chi connectivity index (χ4v) is 9.58. The molecular formula is C58H37NO. The van der Waals surface area contributed by atoms with Crippen molar-refractivity contribution in [1.29, 1.82) is 0 Å². The Morgan fingerprint density at radius 3 is 1.57 bits per heavy atom. The van der Waals surface area contributed by atoms with Crippen molar-refractivity contribution in [2.45, 2.75) is 0 Å². The normalized spacial score (nSPS) is 11.7. The first-order valence-electron chi connectivity index (χ1n) is 20.6. The van der Waals surface area contributed by atoms with Gasteiger partial charge >= 0.3 is 0 Å². The second kappa shape index (κ2) is 13.9. The van der Waals surface area contributed by atoms with Gasteiger partial charge in [-0.2, -0.15) is 0 Å². The van der Waals surface area contributed by atoms with Crippen molar-refractivity contribution in [3.8, 4) is 33.4 Å². The van der Waals surface area contributed by atoms with Gasteiger partial charge in [0, 0.05) is 22.1 Å². The summed E-state index contributed by atoms with van der Waals surface area (Å²) < 4.78 is 6.79. The Labute approximate surface area is 347 Å². The van der Waals surface area contributed by atoms with E-state index >= 15 is 0 Å². The van der Waals surface area contributed by atoms with E-state index in [0.717, 1.165) is 60.9 Å². The van der Waals surface area contributed by atoms with E-state index in [1.165, 1.54) is 54.6 Å². The van der Waals surface area contributed by atoms with Crippen molar-refractivity contribution in [2.24, 2.45) is 0 Å². The van der Waals surface area contributed by atoms with Gasteiger partial charge in [-0.05, 0) is 114 Å². The number of anilines is 3. The number of hydrogen-bond acceptors (Lipinski definition) is 2. The Kier molecular flexibility index (Phi) is 7.89. The lowest BCUT2D eigenvalue weighted by molar-refractivity contribution is 0.672. The maximum absolute atomic E-state index is 6.79. The van der Waals surface area contributed by atoms with E-state index in [4.69, 9.17) is 4.42 Å². The predicted octanol–water partition coefficient (Wildman–Crippen LogP) is 16.7. The van der Waals surface area contributed by atoms with Crippen LogP contribution < -0.4 is 4.90 Å². The molecule has 0 atom stereocenters. The molecule has 1 heterocycles. The highest BCUT2D eigenvalue weighted by Crippen LogP contribution is 2.48. The first kappa shape index (κ1) is 34.1. The van der Waals surface area contributed by atoms with Crippen LogP contribution in [-0.4, -0.2) is 0 Å². The molecule has 2 nitrogen and oxygen atoms in total. The Hall–Kier alpha value is -7.94. The molecule has 0 saturated heterocycles. The molecule has 0 saturated carbocycles. The van der Waals surface area contributed by atoms with Crippen LogP contribution in [0.5, 0.6) is 0 Å². The molecule has 0 aliphatic carbocycles. The molecule has 11 aromatic carbocycles. The zero-order valence-electron chi connectivity index (χ0n) is 32.7. The van der Waals surface area contributed by atoms with Crippen LogP contribution in [0.4, 0.5) is 17.1 Å². The fraction of sp³-hybridized carbons (Fsp3) is 0. The maximum atomic E-state index is 6.79. The summed E-state index contributed by atoms with van der Waals surface area (Å²) in [5.41, 5.74) is 12.1. The average molecular weight is 764 g/mol. The molecule has 2 heteroatoms. The average Bonchev–Trinajstić information content (AvgIpc) is 3.72. The highest BCUT2D eigenvalue weighted by Gasteiger charge is 2.23. The number of hydrogen-bond donors (Lipinski definition) is 0. The van der Waals surface area contributed by atoms with Gasteiger partial charge in [0.1, 0.15) is 11.2 Å². The molecule has 0 aliphatic heterocycles. The van der Waals surface area contributed by atoms with Crippen molar-refractivity contribution in [1.82, 2.24) is 0 Å². The second-order valence-electron chi connectivity index (χ2n) is 15.6. The summed E-state index contributed by atoms with van der Waals surface area (Å²) >= 11 is 0. The highest BCUT2D eigenvalue weighted by atomic mass is 16.3. The monoisotopic (exact) mass is 763 g/mol. The summed E-state index contributed by atoms with van der Waals surface area (Å²) in [7, 11) is 0. The SMILES string of the molecule is c1ccc(-c2c(-c3cccc(N(c4cccc(-c5cccc6ccccc56)c4)c4cccc5oc6c7ccccc7ccc6c45)c3)c3ccccc3c3ccccc23)cc1. The van der Waals surface area contributed by atoms with Crippen molar-refractivity contribution >= 4 is 82.1 Å². The summed E-state index contributed by atoms with van der Waals surface area (Å²) in [6.07, 6.45) is 0. The van der Waals surface area contributed by atoms with Gasteiger partial charge in [0.25, 0.3) is 0 Å². The van der Waals surface area contributed by atoms with Gasteiger partial charge < -0.3 is 9.32 Å². The number of rotatable bonds is 6. The molecule has 1 aromatic heterocycles. The third-order valence-electron chi connectivity index (χ3n) is 12.2. The first-order chi connectivity index (χ1) is 29.8. The predicted molar refractivity (Wildman–Crippen MR) is 255 cm³/mol. The molecule has 0 amide bonds. The van der Waals surface area contributed by atoms with E-state index in [-0.39, 0.29) is 0 Å². The number of benzene rings is 11. The molecule has 0 unspecified atom stereocenters. The van der Waals surface area contributed by atoms with Crippen molar-refractivity contribution in [3.05, 3.63) is 224 Å². The van der Waals surface area contributed by atoms with Gasteiger partial charge in [0.2, 0.25) is 0 Å². The molecule has 280 valence electrons. The fourth-order valence-electron chi connectivity index (χ4n) is 9.58. The number of furan rings is 1. The van der Waals surface area contributed by atoms with E-state index in [1.54, 1.807) is 0 Å². The van der Waals surface area contributed by atoms with Crippen LogP contribution in [0.25, 0.3) is 98.4 Å². The van der Waals surface area contributed by atoms with E-state index < -0.39 is 0 Å². The zero-order chi connectivity index (χ0) is 39.6. The minimum absolute atomic E-state index is 0.858. The molecule has 12 aromatic rings. The third-order valence-corrected chi connectivity index (χ3v) is 12.2. The first-order valence-corrected chi connectivity index (χ1v) is 20.6. The van der Waals surface area contributed by atoms with Crippen LogP contribution in [0, 0.1) is 0 Å². The number of nitrogens with zero attached hydrogens (tertiary/aromatic N) is 1. The third kappa shape index (κ3) is 5.42. The summed E-state index contributed by atoms with van der Waals surface area (Å²) in [5, 5.41) is 11.9. The molecule has 0 fully saturated rings. The van der Waals surface area contributed by atoms with Crippen LogP contribution in [0.15, 0.2) is 229 Å². The molecule has 0 N–H and O–H groups in total. The van der Waals surface area contributed by atoms with Gasteiger partial charge in [-0.25, -0.2) is 0 Å². The van der Waals surface area contributed by atoms with Gasteiger partial charge in [0.15, 0.2) is 0 Å². The van der Waals surface area contributed by atoms with Crippen LogP contribution >= 0.6 is 0 Å². The largest absolute Gasteiger partial charge is 0.455 e. The maximum Gasteiger partial charge on any atom is 0.143 e. The lowest BCUT2D eigenvalue weighted by Gasteiger charge is -2.28. The van der Waals surface area contributed by atoms with Gasteiger partial charge in [0.05, 0.1) is 11.1 Å². The standard InChI is InChI=1S/C58H37NO/c1-2-18-40(19-3-1)55-50-29-10-8-27-48(50)49-28-9-11-30-51(49)56(55)42-22-13-24-44(37-42)59(43-23-12-21-41(36-43)46-31-14-20-38-16-4-6-25-45(38)46)53-32-15-33-54-57(53)52-35-34-39-17-5-7-26-47(39)58(52)60-54/h1-37H. The minimum Gasteiger partial charge on any atom is -0.455 e. The van der Waals surface area contributed by atoms with Crippen molar-refractivity contribution < 1.29 is 4.42 Å². The minimum atomic E-state index is 0.858. The Morgan fingerprint density at radius 2 is 0.833 bits per heavy atom. The number of fused-ring (bicyclic) bond motifs is 9. The Morgan fingerprint density at radius 1 is 0.317 bits per heavy atom. The van der Waals surface area contributed by atoms with Crippen LogP contribution in [0.2, 0.25) is 0 Å². The lowest BCUT2D eigenvalue weighted by Crippen LogP contribution is -2.10. The van der Waals surface area contributed by atoms with Crippen molar-refractivity contribution in [3.63, 3.8) is 0 Å². The molecule has 60 heavy (non-hydrogen) atoms. The molecule has 0 bridgehead atoms. The Bertz CT molecular complexity index is 3610. The van der Waals surface area contributed by atoms with Crippen LogP contribution in [0.3, 0.4) is 0 Å². The topological polar surface area (TPSA) is 16.4 Å². The van der Waals surface area contributed by atoms with Crippen molar-refractivity contribution in [2.75, 3.05) is 4.90 Å². The van der Waals surface area contributed by atoms with Gasteiger partial charge in [-0.1, -0.05) is 182 Å². The molecule has 0 radical (unpaired) electrons. The zero-order valence-corrected chi connectivity index (χ0v) is 32.7. The van der Waals surface area contributed by atoms with Gasteiger partial charge in [-0.3, -0.25) is 0 Å². The van der Waals surface area contributed by atoms with E-state index in [1.807, 2.05) is 0 Å². The lowest BCUT2D eigenvalue weighted by atomic mass is 9.85. The van der Waals surface area contributed by atoms with Crippen LogP contribution in [0.1, 0.15) is 0 Å². The van der Waals surface area contributed by atoms with Crippen LogP contribution in [-0.2, 0) is 0 Å². The highest BCUT2D eigenvalue weighted by molar-refractivity contribution is 6.22. The summed E-state index contributed by atoms with van der Waals surface area (Å²) in [4.78, 5) is 2.43. The molecule has 12 rings (SSSR count). The molecule has 0 spiro atoms. The smallest absolute Gasteiger partial charge is 0.143 e. The summed E-state index contributed by atoms with van der Waals surface area (Å²) in [6.45, 7) is 0. The summed E-state index contributed by atoms with van der Waals surface area (Å²) in [5.74, 6) is 0. The van der Waals surface area contributed by atoms with E-state index in [0.29, 0.717) is 0 Å². The molecule has 0 aliphatic rings. The van der Waals surface area contributed by atoms with Gasteiger partial charge in [-0.15, -0.1) is 0 Å².